The summed E-state index contributed by atoms with van der Waals surface area (Å²) in [4.78, 5) is 11.7. The van der Waals surface area contributed by atoms with Crippen molar-refractivity contribution in [3.63, 3.8) is 0 Å². The largest absolute Gasteiger partial charge is 0.410 e. The number of fused-ring (bicyclic) bond motifs is 1. The summed E-state index contributed by atoms with van der Waals surface area (Å²) in [5.74, 6) is -0.632. The number of benzene rings is 1. The molecule has 1 aliphatic carbocycles. The second-order valence-electron chi connectivity index (χ2n) is 2.49. The van der Waals surface area contributed by atoms with E-state index < -0.39 is 17.5 Å². The first-order valence-electron chi connectivity index (χ1n) is 5.12. The van der Waals surface area contributed by atoms with Gasteiger partial charge in [-0.05, 0) is 11.6 Å². The van der Waals surface area contributed by atoms with Gasteiger partial charge in [0.1, 0.15) is 0 Å². The highest BCUT2D eigenvalue weighted by Gasteiger charge is 2.18. The molecule has 3 nitrogen and oxygen atoms in total. The fourth-order valence-corrected chi connectivity index (χ4v) is 1.11. The van der Waals surface area contributed by atoms with E-state index in [1.807, 2.05) is 0 Å². The number of hydrogen-bond donors (Lipinski definition) is 1. The van der Waals surface area contributed by atoms with E-state index in [2.05, 4.69) is 5.16 Å². The fourth-order valence-electron chi connectivity index (χ4n) is 1.11. The van der Waals surface area contributed by atoms with Gasteiger partial charge in [-0.2, -0.15) is 0 Å². The van der Waals surface area contributed by atoms with E-state index in [4.69, 9.17) is 9.32 Å². The maximum Gasteiger partial charge on any atom is 0.215 e. The van der Waals surface area contributed by atoms with Crippen molar-refractivity contribution in [3.8, 4) is 0 Å². The Balaban J connectivity index is 2.83. The summed E-state index contributed by atoms with van der Waals surface area (Å²) in [6, 6.07) is 3.68. The van der Waals surface area contributed by atoms with E-state index in [9.17, 15) is 4.79 Å². The molecule has 0 aromatic heterocycles. The molecule has 3 heteroatoms. The molecule has 0 spiro atoms. The lowest BCUT2D eigenvalue weighted by molar-refractivity contribution is 0.106. The highest BCUT2D eigenvalue weighted by molar-refractivity contribution is 6.52. The van der Waals surface area contributed by atoms with E-state index >= 15 is 0 Å². The topological polar surface area (TPSA) is 49.7 Å². The molecule has 1 aromatic rings. The highest BCUT2D eigenvalue weighted by atomic mass is 16.4. The third kappa shape index (κ3) is 1.14. The standard InChI is InChI=1S/C10H7NO2/c12-10-8-4-2-1-3-7(8)5-6-9(10)11-13/h1-6,13H/i3D,5D,6D. The Morgan fingerprint density at radius 3 is 3.00 bits per heavy atom. The van der Waals surface area contributed by atoms with Crippen LogP contribution in [-0.2, 0) is 0 Å². The molecule has 0 atom stereocenters. The maximum absolute atomic E-state index is 11.7. The van der Waals surface area contributed by atoms with Gasteiger partial charge in [0.05, 0.1) is 4.11 Å². The number of allylic oxidation sites excluding steroid dienone is 1. The average Bonchev–Trinajstić information content (AvgIpc) is 2.27. The van der Waals surface area contributed by atoms with Crippen molar-refractivity contribution in [1.82, 2.24) is 0 Å². The van der Waals surface area contributed by atoms with Crippen molar-refractivity contribution in [1.29, 1.82) is 0 Å². The van der Waals surface area contributed by atoms with E-state index in [0.29, 0.717) is 0 Å². The first-order valence-corrected chi connectivity index (χ1v) is 3.62. The zero-order valence-corrected chi connectivity index (χ0v) is 6.53. The molecule has 0 fully saturated rings. The molecule has 0 bridgehead atoms. The van der Waals surface area contributed by atoms with Crippen LogP contribution in [0.25, 0.3) is 6.05 Å². The SMILES string of the molecule is [2H]C1=C([2H])c2c([2H])cccc2C(=O)C1=NO. The number of nitrogens with zero attached hydrogens (tertiary/aromatic N) is 1. The van der Waals surface area contributed by atoms with Crippen molar-refractivity contribution in [2.45, 2.75) is 0 Å². The summed E-state index contributed by atoms with van der Waals surface area (Å²) in [7, 11) is 0. The zero-order valence-electron chi connectivity index (χ0n) is 9.53. The number of rotatable bonds is 0. The number of oxime groups is 1. The first-order chi connectivity index (χ1) is 7.57. The number of ketones is 1. The molecule has 0 aliphatic heterocycles. The molecule has 1 aromatic carbocycles. The van der Waals surface area contributed by atoms with Crippen LogP contribution in [0.15, 0.2) is 35.4 Å². The molecule has 64 valence electrons. The number of carbonyl (C=O) groups is 1. The molecule has 0 amide bonds. The Morgan fingerprint density at radius 2 is 2.23 bits per heavy atom. The first kappa shape index (κ1) is 4.97. The second kappa shape index (κ2) is 2.86. The van der Waals surface area contributed by atoms with E-state index in [0.717, 1.165) is 0 Å². The maximum atomic E-state index is 11.7. The van der Waals surface area contributed by atoms with Gasteiger partial charge in [0.25, 0.3) is 0 Å². The Bertz CT molecular complexity index is 549. The lowest BCUT2D eigenvalue weighted by Gasteiger charge is -2.08. The summed E-state index contributed by atoms with van der Waals surface area (Å²) >= 11 is 0. The highest BCUT2D eigenvalue weighted by Crippen LogP contribution is 2.16. The third-order valence-corrected chi connectivity index (χ3v) is 1.72. The molecule has 0 heterocycles. The van der Waals surface area contributed by atoms with Gasteiger partial charge in [0.15, 0.2) is 5.71 Å². The lowest BCUT2D eigenvalue weighted by Crippen LogP contribution is -2.16. The summed E-state index contributed by atoms with van der Waals surface area (Å²) in [5, 5.41) is 11.4. The quantitative estimate of drug-likeness (QED) is 0.483. The molecule has 0 saturated carbocycles. The molecular formula is C10H7NO2. The minimum absolute atomic E-state index is 0.0117. The summed E-state index contributed by atoms with van der Waals surface area (Å²) in [6.45, 7) is 0. The van der Waals surface area contributed by atoms with Gasteiger partial charge in [-0.25, -0.2) is 0 Å². The third-order valence-electron chi connectivity index (χ3n) is 1.72. The van der Waals surface area contributed by atoms with Crippen molar-refractivity contribution >= 4 is 17.5 Å². The molecular weight excluding hydrogens is 166 g/mol. The van der Waals surface area contributed by atoms with Crippen LogP contribution in [0.4, 0.5) is 0 Å². The van der Waals surface area contributed by atoms with Crippen molar-refractivity contribution in [2.24, 2.45) is 5.16 Å². The Hall–Kier alpha value is -1.90. The van der Waals surface area contributed by atoms with Gasteiger partial charge in [-0.3, -0.25) is 4.79 Å². The van der Waals surface area contributed by atoms with Crippen LogP contribution < -0.4 is 0 Å². The number of Topliss-reactive ketones (excluding diaryl/α,β-unsaturated/α-hetero) is 1. The van der Waals surface area contributed by atoms with Crippen molar-refractivity contribution < 1.29 is 14.1 Å². The predicted molar refractivity (Wildman–Crippen MR) is 49.0 cm³/mol. The van der Waals surface area contributed by atoms with Crippen LogP contribution in [0.2, 0.25) is 0 Å². The molecule has 0 unspecified atom stereocenters. The van der Waals surface area contributed by atoms with Crippen LogP contribution in [0.3, 0.4) is 0 Å². The summed E-state index contributed by atoms with van der Waals surface area (Å²) in [6.07, 6.45) is 0. The normalized spacial score (nSPS) is 22.3. The molecule has 0 saturated heterocycles. The molecule has 0 radical (unpaired) electrons. The summed E-state index contributed by atoms with van der Waals surface area (Å²) < 4.78 is 22.7. The molecule has 1 aliphatic rings. The molecule has 1 N–H and O–H groups in total. The summed E-state index contributed by atoms with van der Waals surface area (Å²) in [5.41, 5.74) is -0.214. The Morgan fingerprint density at radius 1 is 1.38 bits per heavy atom. The van der Waals surface area contributed by atoms with Crippen LogP contribution in [-0.4, -0.2) is 16.7 Å². The minimum Gasteiger partial charge on any atom is -0.410 e. The van der Waals surface area contributed by atoms with Crippen LogP contribution >= 0.6 is 0 Å². The van der Waals surface area contributed by atoms with E-state index in [1.165, 1.54) is 18.2 Å². The fraction of sp³-hybridized carbons (Fsp3) is 0. The average molecular weight is 176 g/mol. The van der Waals surface area contributed by atoms with Gasteiger partial charge in [0.2, 0.25) is 5.78 Å². The van der Waals surface area contributed by atoms with Gasteiger partial charge in [-0.15, -0.1) is 0 Å². The van der Waals surface area contributed by atoms with Gasteiger partial charge >= 0.3 is 0 Å². The van der Waals surface area contributed by atoms with Gasteiger partial charge < -0.3 is 5.21 Å². The number of carbonyl (C=O) groups excluding carboxylic acids is 1. The minimum atomic E-state index is -0.632. The van der Waals surface area contributed by atoms with E-state index in [1.54, 1.807) is 0 Å². The van der Waals surface area contributed by atoms with E-state index in [-0.39, 0.29) is 23.2 Å². The van der Waals surface area contributed by atoms with Gasteiger partial charge in [-0.1, -0.05) is 35.4 Å². The zero-order chi connectivity index (χ0) is 11.9. The van der Waals surface area contributed by atoms with Crippen LogP contribution in [0.1, 0.15) is 20.0 Å². The van der Waals surface area contributed by atoms with Crippen LogP contribution in [0, 0.1) is 0 Å². The second-order valence-corrected chi connectivity index (χ2v) is 2.49. The number of hydrogen-bond acceptors (Lipinski definition) is 3. The smallest absolute Gasteiger partial charge is 0.215 e. The Kier molecular flexibility index (Phi) is 1.09. The van der Waals surface area contributed by atoms with Crippen molar-refractivity contribution in [2.75, 3.05) is 0 Å². The predicted octanol–water partition coefficient (Wildman–Crippen LogP) is 1.73. The lowest BCUT2D eigenvalue weighted by atomic mass is 9.95. The van der Waals surface area contributed by atoms with Crippen molar-refractivity contribution in [3.05, 3.63) is 41.4 Å². The monoisotopic (exact) mass is 176 g/mol. The van der Waals surface area contributed by atoms with Crippen LogP contribution in [0.5, 0.6) is 0 Å². The molecule has 2 rings (SSSR count). The Labute approximate surface area is 79.2 Å². The molecule has 13 heavy (non-hydrogen) atoms. The van der Waals surface area contributed by atoms with Gasteiger partial charge in [0, 0.05) is 5.56 Å².